The van der Waals surface area contributed by atoms with Gasteiger partial charge in [0.1, 0.15) is 6.10 Å². The fraction of sp³-hybridized carbons (Fsp3) is 0.452. The number of nitrogens with one attached hydrogen (secondary N) is 1. The van der Waals surface area contributed by atoms with Crippen LogP contribution in [-0.4, -0.2) is 67.5 Å². The second-order valence-electron chi connectivity index (χ2n) is 10.7. The van der Waals surface area contributed by atoms with Crippen molar-refractivity contribution in [2.75, 3.05) is 27.3 Å². The smallest absolute Gasteiger partial charge is 0.345 e. The number of hydrogen-bond acceptors (Lipinski definition) is 7. The molecule has 0 radical (unpaired) electrons. The van der Waals surface area contributed by atoms with Crippen molar-refractivity contribution in [3.05, 3.63) is 70.8 Å². The molecular formula is C31H38N3O7+. The highest BCUT2D eigenvalue weighted by atomic mass is 16.8. The lowest BCUT2D eigenvalue weighted by molar-refractivity contribution is -0.543. The van der Waals surface area contributed by atoms with E-state index in [2.05, 4.69) is 17.3 Å². The average molecular weight is 565 g/mol. The van der Waals surface area contributed by atoms with Crippen LogP contribution < -0.4 is 10.8 Å². The van der Waals surface area contributed by atoms with Gasteiger partial charge in [-0.05, 0) is 75.6 Å². The molecule has 2 aromatic rings. The molecule has 1 unspecified atom stereocenters. The average Bonchev–Trinajstić information content (AvgIpc) is 3.37. The maximum absolute atomic E-state index is 13.4. The Morgan fingerprint density at radius 1 is 1.05 bits per heavy atom. The molecule has 0 aromatic heterocycles. The van der Waals surface area contributed by atoms with E-state index in [1.54, 1.807) is 24.3 Å². The first-order valence-corrected chi connectivity index (χ1v) is 13.8. The van der Waals surface area contributed by atoms with Crippen LogP contribution in [0, 0.1) is 11.8 Å². The minimum atomic E-state index is -1.82. The number of carbonyl (C=O) groups excluding carboxylic acids is 3. The molecule has 10 heteroatoms. The Hall–Kier alpha value is -3.59. The van der Waals surface area contributed by atoms with E-state index in [0.29, 0.717) is 30.8 Å². The summed E-state index contributed by atoms with van der Waals surface area (Å²) in [6.45, 7) is 6.23. The Labute approximate surface area is 240 Å². The summed E-state index contributed by atoms with van der Waals surface area (Å²) >= 11 is 0. The number of hydroxylamine groups is 1. The van der Waals surface area contributed by atoms with Crippen molar-refractivity contribution in [3.63, 3.8) is 0 Å². The molecule has 41 heavy (non-hydrogen) atoms. The van der Waals surface area contributed by atoms with E-state index in [1.807, 2.05) is 38.1 Å². The van der Waals surface area contributed by atoms with Crippen LogP contribution in [0.25, 0.3) is 0 Å². The maximum atomic E-state index is 13.4. The molecule has 3 N–H and O–H groups in total. The Balaban J connectivity index is 1.41. The topological polar surface area (TPSA) is 120 Å². The van der Waals surface area contributed by atoms with Gasteiger partial charge in [0.15, 0.2) is 12.1 Å². The lowest BCUT2D eigenvalue weighted by Crippen LogP contribution is -2.91. The van der Waals surface area contributed by atoms with E-state index < -0.39 is 35.3 Å². The highest BCUT2D eigenvalue weighted by molar-refractivity contribution is 6.10. The third-order valence-corrected chi connectivity index (χ3v) is 7.35. The van der Waals surface area contributed by atoms with Crippen LogP contribution in [0.4, 0.5) is 0 Å². The van der Waals surface area contributed by atoms with E-state index >= 15 is 0 Å². The van der Waals surface area contributed by atoms with Crippen LogP contribution in [0.5, 0.6) is 0 Å². The van der Waals surface area contributed by atoms with Crippen molar-refractivity contribution in [3.8, 4) is 11.8 Å². The van der Waals surface area contributed by atoms with Crippen LogP contribution in [-0.2, 0) is 28.6 Å². The Morgan fingerprint density at radius 3 is 2.22 bits per heavy atom. The van der Waals surface area contributed by atoms with Crippen molar-refractivity contribution in [1.82, 2.24) is 10.4 Å². The number of amides is 3. The summed E-state index contributed by atoms with van der Waals surface area (Å²) in [5.41, 5.74) is 3.39. The van der Waals surface area contributed by atoms with E-state index in [4.69, 9.17) is 19.0 Å². The number of ether oxygens (including phenoxy) is 3. The molecule has 0 bridgehead atoms. The van der Waals surface area contributed by atoms with Crippen LogP contribution in [0.2, 0.25) is 0 Å². The van der Waals surface area contributed by atoms with Gasteiger partial charge in [0.2, 0.25) is 5.54 Å². The number of rotatable bonds is 7. The molecule has 2 saturated heterocycles. The molecule has 2 heterocycles. The van der Waals surface area contributed by atoms with Gasteiger partial charge in [-0.3, -0.25) is 14.9 Å². The first kappa shape index (κ1) is 30.4. The lowest BCUT2D eigenvalue weighted by atomic mass is 9.96. The van der Waals surface area contributed by atoms with Gasteiger partial charge in [-0.1, -0.05) is 24.0 Å². The summed E-state index contributed by atoms with van der Waals surface area (Å²) in [5, 5.41) is 1.26. The zero-order valence-corrected chi connectivity index (χ0v) is 24.2. The van der Waals surface area contributed by atoms with Gasteiger partial charge in [0, 0.05) is 36.8 Å². The van der Waals surface area contributed by atoms with Crippen LogP contribution >= 0.6 is 0 Å². The molecule has 4 rings (SSSR count). The molecule has 10 nitrogen and oxygen atoms in total. The minimum Gasteiger partial charge on any atom is -0.350 e. The number of nitrogens with zero attached hydrogens (tertiary/aromatic N) is 1. The van der Waals surface area contributed by atoms with Gasteiger partial charge in [-0.25, -0.2) is 15.1 Å². The lowest BCUT2D eigenvalue weighted by Gasteiger charge is -2.34. The van der Waals surface area contributed by atoms with Crippen molar-refractivity contribution in [2.24, 2.45) is 0 Å². The number of benzene rings is 2. The van der Waals surface area contributed by atoms with Crippen LogP contribution in [0.1, 0.15) is 73.2 Å². The normalized spacial score (nSPS) is 21.2. The third kappa shape index (κ3) is 7.19. The molecule has 2 fully saturated rings. The second kappa shape index (κ2) is 12.9. The van der Waals surface area contributed by atoms with Crippen molar-refractivity contribution < 1.29 is 38.7 Å². The summed E-state index contributed by atoms with van der Waals surface area (Å²) < 4.78 is 17.0. The highest BCUT2D eigenvalue weighted by Crippen LogP contribution is 2.32. The van der Waals surface area contributed by atoms with E-state index in [1.165, 1.54) is 26.3 Å². The first-order chi connectivity index (χ1) is 19.5. The highest BCUT2D eigenvalue weighted by Gasteiger charge is 2.50. The van der Waals surface area contributed by atoms with Crippen LogP contribution in [0.3, 0.4) is 0 Å². The zero-order chi connectivity index (χ0) is 29.6. The summed E-state index contributed by atoms with van der Waals surface area (Å²) in [4.78, 5) is 45.9. The van der Waals surface area contributed by atoms with Gasteiger partial charge in [-0.2, -0.15) is 0 Å². The van der Waals surface area contributed by atoms with Crippen molar-refractivity contribution in [1.29, 1.82) is 0 Å². The number of likely N-dealkylation sites (N-methyl/N-ethyl adjacent to an activating group) is 2. The molecule has 3 amide bonds. The van der Waals surface area contributed by atoms with E-state index in [-0.39, 0.29) is 6.10 Å². The van der Waals surface area contributed by atoms with Gasteiger partial charge in [0.05, 0.1) is 13.7 Å². The number of nitrogens with two attached hydrogens (primary N) is 1. The number of hydrogen-bond donors (Lipinski definition) is 2. The molecule has 3 atom stereocenters. The molecule has 2 aliphatic heterocycles. The summed E-state index contributed by atoms with van der Waals surface area (Å²) in [6, 6.07) is 14.5. The van der Waals surface area contributed by atoms with Gasteiger partial charge < -0.3 is 19.1 Å². The Bertz CT molecular complexity index is 1310. The molecule has 0 aliphatic carbocycles. The number of primary amides is 1. The molecular weight excluding hydrogens is 526 g/mol. The molecule has 0 saturated carbocycles. The second-order valence-corrected chi connectivity index (χ2v) is 10.7. The fourth-order valence-corrected chi connectivity index (χ4v) is 4.60. The molecule has 218 valence electrons. The van der Waals surface area contributed by atoms with Gasteiger partial charge in [-0.15, -0.1) is 0 Å². The third-order valence-electron chi connectivity index (χ3n) is 7.35. The van der Waals surface area contributed by atoms with Crippen molar-refractivity contribution >= 4 is 17.7 Å². The van der Waals surface area contributed by atoms with E-state index in [0.717, 1.165) is 28.9 Å². The quantitative estimate of drug-likeness (QED) is 0.300. The Kier molecular flexibility index (Phi) is 9.58. The number of quaternary nitrogens is 1. The Morgan fingerprint density at radius 2 is 1.68 bits per heavy atom. The largest absolute Gasteiger partial charge is 0.350 e. The molecule has 2 aromatic carbocycles. The summed E-state index contributed by atoms with van der Waals surface area (Å²) in [7, 11) is 2.94. The van der Waals surface area contributed by atoms with Crippen molar-refractivity contribution in [2.45, 2.75) is 63.8 Å². The SMILES string of the molecule is C[NH2+]C(=O)[C@@](C)(C(=O)NOC1CCCCO1)N(C)C(=O)c1ccc(C#Cc2ccc([C@H]3COC(C)(C)O3)cc2)cc1. The fourth-order valence-electron chi connectivity index (χ4n) is 4.60. The minimum absolute atomic E-state index is 0.105. The monoisotopic (exact) mass is 564 g/mol. The number of carbonyl (C=O) groups is 3. The molecule has 2 aliphatic rings. The van der Waals surface area contributed by atoms with E-state index in [9.17, 15) is 14.4 Å². The summed E-state index contributed by atoms with van der Waals surface area (Å²) in [5.74, 6) is 3.85. The van der Waals surface area contributed by atoms with Gasteiger partial charge >= 0.3 is 5.91 Å². The predicted octanol–water partition coefficient (Wildman–Crippen LogP) is 2.04. The summed E-state index contributed by atoms with van der Waals surface area (Å²) in [6.07, 6.45) is 1.77. The standard InChI is InChI=1S/C31H37N3O7/c1-30(2)39-20-25(40-30)23-15-11-21(12-16-23)9-10-22-13-17-24(18-14-22)27(35)34(5)31(3,28(36)32-4)29(37)33-41-26-8-6-7-19-38-26/h11-18,25-26H,6-8,19-20H2,1-5H3,(H,32,36)(H,33,37)/p+1/t25-,26?,31+/m1/s1. The first-order valence-electron chi connectivity index (χ1n) is 13.8. The zero-order valence-electron chi connectivity index (χ0n) is 24.2. The van der Waals surface area contributed by atoms with Crippen LogP contribution in [0.15, 0.2) is 48.5 Å². The van der Waals surface area contributed by atoms with Gasteiger partial charge in [0.25, 0.3) is 11.8 Å². The maximum Gasteiger partial charge on any atom is 0.345 e. The molecule has 0 spiro atoms. The predicted molar refractivity (Wildman–Crippen MR) is 149 cm³/mol.